The number of amidine groups is 1. The summed E-state index contributed by atoms with van der Waals surface area (Å²) in [5.41, 5.74) is 6.06. The van der Waals surface area contributed by atoms with E-state index in [4.69, 9.17) is 17.3 Å². The highest BCUT2D eigenvalue weighted by Crippen LogP contribution is 2.45. The van der Waals surface area contributed by atoms with Crippen molar-refractivity contribution >= 4 is 55.5 Å². The van der Waals surface area contributed by atoms with Gasteiger partial charge in [-0.1, -0.05) is 11.6 Å². The van der Waals surface area contributed by atoms with Gasteiger partial charge >= 0.3 is 0 Å². The Morgan fingerprint density at radius 3 is 2.78 bits per heavy atom. The van der Waals surface area contributed by atoms with E-state index in [1.54, 1.807) is 0 Å². The third-order valence-corrected chi connectivity index (χ3v) is 7.93. The molecule has 1 fully saturated rings. The minimum Gasteiger partial charge on any atom is -0.386 e. The van der Waals surface area contributed by atoms with E-state index >= 15 is 0 Å². The van der Waals surface area contributed by atoms with E-state index < -0.39 is 10.8 Å². The average molecular weight is 368 g/mol. The zero-order valence-corrected chi connectivity index (χ0v) is 13.5. The van der Waals surface area contributed by atoms with Crippen LogP contribution in [0.1, 0.15) is 30.2 Å². The average Bonchev–Trinajstić information content (AvgIpc) is 2.54. The maximum atomic E-state index is 12.4. The van der Waals surface area contributed by atoms with Gasteiger partial charge in [0.15, 0.2) is 0 Å². The number of hydrogen-bond acceptors (Lipinski definition) is 4. The predicted octanol–water partition coefficient (Wildman–Crippen LogP) is 3.25. The standard InChI is InChI=1S/C11H12BrClN2OS2/c12-8-4-6(13)9(17-8)7-5-18(16)11(2-1-3-11)10(14)15-7/h4,7H,1-3,5H2,(H2,14,15). The fraction of sp³-hybridized carbons (Fsp3) is 0.545. The van der Waals surface area contributed by atoms with Crippen molar-refractivity contribution in [1.82, 2.24) is 0 Å². The summed E-state index contributed by atoms with van der Waals surface area (Å²) in [6.07, 6.45) is 2.91. The number of nitrogens with zero attached hydrogens (tertiary/aromatic N) is 1. The van der Waals surface area contributed by atoms with Gasteiger partial charge in [0.1, 0.15) is 10.6 Å². The Morgan fingerprint density at radius 2 is 2.33 bits per heavy atom. The first-order valence-corrected chi connectivity index (χ1v) is 9.00. The molecule has 2 N–H and O–H groups in total. The second-order valence-electron chi connectivity index (χ2n) is 4.65. The monoisotopic (exact) mass is 366 g/mol. The molecule has 0 radical (unpaired) electrons. The lowest BCUT2D eigenvalue weighted by Gasteiger charge is -2.43. The van der Waals surface area contributed by atoms with Gasteiger partial charge in [-0.25, -0.2) is 0 Å². The van der Waals surface area contributed by atoms with Crippen LogP contribution in [0.3, 0.4) is 0 Å². The number of halogens is 2. The summed E-state index contributed by atoms with van der Waals surface area (Å²) in [5, 5.41) is 0.676. The van der Waals surface area contributed by atoms with Crippen molar-refractivity contribution in [2.45, 2.75) is 30.1 Å². The van der Waals surface area contributed by atoms with E-state index in [0.717, 1.165) is 27.9 Å². The zero-order valence-electron chi connectivity index (χ0n) is 9.49. The number of hydrogen-bond donors (Lipinski definition) is 1. The summed E-state index contributed by atoms with van der Waals surface area (Å²) in [7, 11) is -0.940. The van der Waals surface area contributed by atoms with Crippen LogP contribution in [-0.4, -0.2) is 20.5 Å². The van der Waals surface area contributed by atoms with Crippen LogP contribution in [-0.2, 0) is 10.8 Å². The Bertz CT molecular complexity index is 553. The molecular weight excluding hydrogens is 356 g/mol. The van der Waals surface area contributed by atoms with Crippen molar-refractivity contribution in [2.24, 2.45) is 10.7 Å². The van der Waals surface area contributed by atoms with Crippen molar-refractivity contribution in [2.75, 3.05) is 5.75 Å². The SMILES string of the molecule is NC1=NC(c2sc(Br)cc2Cl)CS(=O)C12CCC2. The minimum absolute atomic E-state index is 0.152. The molecule has 7 heteroatoms. The second kappa shape index (κ2) is 4.58. The predicted molar refractivity (Wildman–Crippen MR) is 81.0 cm³/mol. The molecule has 18 heavy (non-hydrogen) atoms. The highest BCUT2D eigenvalue weighted by Gasteiger charge is 2.49. The van der Waals surface area contributed by atoms with Gasteiger partial charge in [-0.2, -0.15) is 0 Å². The molecule has 1 aliphatic carbocycles. The van der Waals surface area contributed by atoms with Crippen LogP contribution >= 0.6 is 38.9 Å². The lowest BCUT2D eigenvalue weighted by molar-refractivity contribution is 0.430. The van der Waals surface area contributed by atoms with Gasteiger partial charge in [-0.15, -0.1) is 11.3 Å². The second-order valence-corrected chi connectivity index (χ2v) is 9.33. The summed E-state index contributed by atoms with van der Waals surface area (Å²) in [6.45, 7) is 0. The summed E-state index contributed by atoms with van der Waals surface area (Å²) < 4.78 is 13.1. The summed E-state index contributed by atoms with van der Waals surface area (Å²) in [5.74, 6) is 1.09. The first-order valence-electron chi connectivity index (χ1n) is 5.70. The van der Waals surface area contributed by atoms with Crippen LogP contribution in [0.25, 0.3) is 0 Å². The van der Waals surface area contributed by atoms with E-state index in [-0.39, 0.29) is 10.8 Å². The van der Waals surface area contributed by atoms with Crippen molar-refractivity contribution < 1.29 is 4.21 Å². The molecule has 98 valence electrons. The molecule has 1 aromatic rings. The molecule has 1 saturated carbocycles. The van der Waals surface area contributed by atoms with E-state index in [1.807, 2.05) is 6.07 Å². The summed E-state index contributed by atoms with van der Waals surface area (Å²) in [6, 6.07) is 1.70. The molecule has 3 nitrogen and oxygen atoms in total. The van der Waals surface area contributed by atoms with E-state index in [9.17, 15) is 4.21 Å². The van der Waals surface area contributed by atoms with Crippen LogP contribution in [0, 0.1) is 0 Å². The third-order valence-electron chi connectivity index (χ3n) is 3.65. The first kappa shape index (κ1) is 13.1. The van der Waals surface area contributed by atoms with Gasteiger partial charge < -0.3 is 5.73 Å². The zero-order chi connectivity index (χ0) is 12.9. The van der Waals surface area contributed by atoms with Gasteiger partial charge in [-0.05, 0) is 41.3 Å². The van der Waals surface area contributed by atoms with E-state index in [2.05, 4.69) is 20.9 Å². The van der Waals surface area contributed by atoms with Crippen LogP contribution < -0.4 is 5.73 Å². The normalized spacial score (nSPS) is 30.0. The van der Waals surface area contributed by atoms with Crippen LogP contribution in [0.15, 0.2) is 14.8 Å². The van der Waals surface area contributed by atoms with Gasteiger partial charge in [0.2, 0.25) is 0 Å². The van der Waals surface area contributed by atoms with Gasteiger partial charge in [-0.3, -0.25) is 9.20 Å². The number of nitrogens with two attached hydrogens (primary N) is 1. The van der Waals surface area contributed by atoms with Crippen LogP contribution in [0.2, 0.25) is 5.02 Å². The molecule has 2 heterocycles. The molecule has 2 aliphatic rings. The number of thiophene rings is 1. The van der Waals surface area contributed by atoms with Crippen LogP contribution in [0.5, 0.6) is 0 Å². The van der Waals surface area contributed by atoms with Crippen molar-refractivity contribution in [1.29, 1.82) is 0 Å². The molecule has 0 saturated heterocycles. The third kappa shape index (κ3) is 1.88. The quantitative estimate of drug-likeness (QED) is 0.828. The van der Waals surface area contributed by atoms with E-state index in [1.165, 1.54) is 11.3 Å². The van der Waals surface area contributed by atoms with Crippen LogP contribution in [0.4, 0.5) is 0 Å². The van der Waals surface area contributed by atoms with Gasteiger partial charge in [0.25, 0.3) is 0 Å². The highest BCUT2D eigenvalue weighted by molar-refractivity contribution is 9.11. The Balaban J connectivity index is 1.97. The molecule has 2 atom stereocenters. The Morgan fingerprint density at radius 1 is 1.61 bits per heavy atom. The molecule has 0 amide bonds. The topological polar surface area (TPSA) is 55.4 Å². The Hall–Kier alpha value is 0.0900. The fourth-order valence-electron chi connectivity index (χ4n) is 2.44. The fourth-order valence-corrected chi connectivity index (χ4v) is 6.54. The minimum atomic E-state index is -0.940. The molecule has 1 spiro atoms. The molecule has 2 unspecified atom stereocenters. The molecule has 0 bridgehead atoms. The molecule has 1 aromatic heterocycles. The van der Waals surface area contributed by atoms with E-state index in [0.29, 0.717) is 16.6 Å². The molecular formula is C11H12BrClN2OS2. The van der Waals surface area contributed by atoms with Crippen molar-refractivity contribution in [3.05, 3.63) is 19.8 Å². The van der Waals surface area contributed by atoms with Gasteiger partial charge in [0, 0.05) is 15.7 Å². The largest absolute Gasteiger partial charge is 0.386 e. The molecule has 1 aliphatic heterocycles. The first-order chi connectivity index (χ1) is 8.53. The summed E-state index contributed by atoms with van der Waals surface area (Å²) in [4.78, 5) is 5.51. The van der Waals surface area contributed by atoms with Crippen molar-refractivity contribution in [3.8, 4) is 0 Å². The highest BCUT2D eigenvalue weighted by atomic mass is 79.9. The number of rotatable bonds is 1. The maximum Gasteiger partial charge on any atom is 0.113 e. The lowest BCUT2D eigenvalue weighted by Crippen LogP contribution is -2.56. The maximum absolute atomic E-state index is 12.4. The number of aliphatic imine (C=N–C) groups is 1. The Kier molecular flexibility index (Phi) is 3.33. The lowest BCUT2D eigenvalue weighted by atomic mass is 9.83. The smallest absolute Gasteiger partial charge is 0.113 e. The molecule has 0 aromatic carbocycles. The summed E-state index contributed by atoms with van der Waals surface area (Å²) >= 11 is 11.1. The molecule has 3 rings (SSSR count). The van der Waals surface area contributed by atoms with Crippen molar-refractivity contribution in [3.63, 3.8) is 0 Å². The van der Waals surface area contributed by atoms with Gasteiger partial charge in [0.05, 0.1) is 20.6 Å². The Labute approximate surface area is 125 Å².